The number of amides is 1. The lowest BCUT2D eigenvalue weighted by Crippen LogP contribution is -2.47. The predicted molar refractivity (Wildman–Crippen MR) is 96.3 cm³/mol. The van der Waals surface area contributed by atoms with Crippen LogP contribution in [0.4, 0.5) is 0 Å². The molecule has 136 valence electrons. The van der Waals surface area contributed by atoms with Gasteiger partial charge in [0.1, 0.15) is 10.3 Å². The number of hydrogen-bond acceptors (Lipinski definition) is 5. The number of carbonyl (C=O) groups is 1. The maximum absolute atomic E-state index is 12.7. The van der Waals surface area contributed by atoms with Gasteiger partial charge in [0.05, 0.1) is 0 Å². The standard InChI is InChI=1S/C16H27N3O3S2/c1-12(2)13(17)8-10-18(3)16(20)14-6-4-9-19(14)24(21,22)15-7-5-11-23-15/h5,7,11-14H,4,6,8-10,17H2,1-3H3. The summed E-state index contributed by atoms with van der Waals surface area (Å²) in [5.41, 5.74) is 6.04. The second-order valence-corrected chi connectivity index (χ2v) is 9.73. The van der Waals surface area contributed by atoms with Crippen LogP contribution < -0.4 is 5.73 Å². The molecule has 2 atom stereocenters. The molecule has 6 nitrogen and oxygen atoms in total. The van der Waals surface area contributed by atoms with Gasteiger partial charge < -0.3 is 10.6 Å². The molecule has 0 saturated carbocycles. The van der Waals surface area contributed by atoms with Gasteiger partial charge in [0.15, 0.2) is 0 Å². The van der Waals surface area contributed by atoms with Crippen LogP contribution in [0.3, 0.4) is 0 Å². The first kappa shape index (κ1) is 19.4. The molecule has 8 heteroatoms. The van der Waals surface area contributed by atoms with E-state index < -0.39 is 16.1 Å². The van der Waals surface area contributed by atoms with Crippen LogP contribution >= 0.6 is 11.3 Å². The Morgan fingerprint density at radius 3 is 2.79 bits per heavy atom. The molecule has 2 unspecified atom stereocenters. The lowest BCUT2D eigenvalue weighted by molar-refractivity contribution is -0.133. The van der Waals surface area contributed by atoms with E-state index in [1.807, 2.05) is 0 Å². The largest absolute Gasteiger partial charge is 0.344 e. The molecule has 1 aromatic rings. The quantitative estimate of drug-likeness (QED) is 0.789. The molecule has 2 rings (SSSR count). The lowest BCUT2D eigenvalue weighted by Gasteiger charge is -2.28. The minimum absolute atomic E-state index is 0.0368. The number of nitrogens with two attached hydrogens (primary N) is 1. The van der Waals surface area contributed by atoms with Gasteiger partial charge in [-0.2, -0.15) is 4.31 Å². The molecule has 0 aromatic carbocycles. The third-order valence-electron chi connectivity index (χ3n) is 4.58. The van der Waals surface area contributed by atoms with Crippen molar-refractivity contribution in [3.8, 4) is 0 Å². The minimum atomic E-state index is -3.59. The second kappa shape index (κ2) is 7.95. The van der Waals surface area contributed by atoms with Gasteiger partial charge in [-0.05, 0) is 36.6 Å². The first-order valence-electron chi connectivity index (χ1n) is 8.31. The molecule has 2 N–H and O–H groups in total. The fourth-order valence-electron chi connectivity index (χ4n) is 2.84. The van der Waals surface area contributed by atoms with Crippen molar-refractivity contribution in [2.24, 2.45) is 11.7 Å². The molecule has 24 heavy (non-hydrogen) atoms. The van der Waals surface area contributed by atoms with Crippen LogP contribution in [0.5, 0.6) is 0 Å². The average molecular weight is 374 g/mol. The van der Waals surface area contributed by atoms with Crippen LogP contribution in [-0.2, 0) is 14.8 Å². The third kappa shape index (κ3) is 4.17. The topological polar surface area (TPSA) is 83.7 Å². The molecule has 1 aliphatic heterocycles. The highest BCUT2D eigenvalue weighted by molar-refractivity contribution is 7.91. The summed E-state index contributed by atoms with van der Waals surface area (Å²) in [5.74, 6) is 0.222. The van der Waals surface area contributed by atoms with E-state index in [2.05, 4.69) is 13.8 Å². The summed E-state index contributed by atoms with van der Waals surface area (Å²) < 4.78 is 27.1. The number of hydrogen-bond donors (Lipinski definition) is 1. The van der Waals surface area contributed by atoms with Crippen LogP contribution in [0.25, 0.3) is 0 Å². The fourth-order valence-corrected chi connectivity index (χ4v) is 5.61. The van der Waals surface area contributed by atoms with Crippen molar-refractivity contribution in [1.82, 2.24) is 9.21 Å². The highest BCUT2D eigenvalue weighted by atomic mass is 32.2. The van der Waals surface area contributed by atoms with E-state index in [9.17, 15) is 13.2 Å². The number of sulfonamides is 1. The monoisotopic (exact) mass is 373 g/mol. The van der Waals surface area contributed by atoms with Crippen LogP contribution in [-0.4, -0.2) is 55.8 Å². The van der Waals surface area contributed by atoms with E-state index in [4.69, 9.17) is 5.73 Å². The number of carbonyl (C=O) groups excluding carboxylic acids is 1. The van der Waals surface area contributed by atoms with Gasteiger partial charge in [0.25, 0.3) is 10.0 Å². The minimum Gasteiger partial charge on any atom is -0.344 e. The van der Waals surface area contributed by atoms with Crippen LogP contribution in [0.2, 0.25) is 0 Å². The van der Waals surface area contributed by atoms with E-state index in [1.165, 1.54) is 15.6 Å². The first-order valence-corrected chi connectivity index (χ1v) is 10.6. The Labute approximate surface area is 148 Å². The summed E-state index contributed by atoms with van der Waals surface area (Å²) in [6.45, 7) is 5.05. The van der Waals surface area contributed by atoms with Gasteiger partial charge in [-0.3, -0.25) is 4.79 Å². The molecule has 2 heterocycles. The number of likely N-dealkylation sites (N-methyl/N-ethyl adjacent to an activating group) is 1. The highest BCUT2D eigenvalue weighted by Gasteiger charge is 2.40. The zero-order valence-corrected chi connectivity index (χ0v) is 16.1. The van der Waals surface area contributed by atoms with E-state index in [-0.39, 0.29) is 11.9 Å². The second-order valence-electron chi connectivity index (χ2n) is 6.66. The smallest absolute Gasteiger partial charge is 0.253 e. The molecule has 0 aliphatic carbocycles. The number of rotatable bonds is 7. The Morgan fingerprint density at radius 1 is 1.50 bits per heavy atom. The van der Waals surface area contributed by atoms with Crippen molar-refractivity contribution in [3.05, 3.63) is 17.5 Å². The Balaban J connectivity index is 2.06. The van der Waals surface area contributed by atoms with Crippen molar-refractivity contribution in [2.75, 3.05) is 20.1 Å². The molecule has 0 spiro atoms. The van der Waals surface area contributed by atoms with Gasteiger partial charge in [0, 0.05) is 26.2 Å². The SMILES string of the molecule is CC(C)C(N)CCN(C)C(=O)C1CCCN1S(=O)(=O)c1cccs1. The third-order valence-corrected chi connectivity index (χ3v) is 7.86. The zero-order valence-electron chi connectivity index (χ0n) is 14.5. The molecule has 1 fully saturated rings. The molecule has 1 aliphatic rings. The Hall–Kier alpha value is -0.960. The van der Waals surface area contributed by atoms with E-state index in [1.54, 1.807) is 29.5 Å². The average Bonchev–Trinajstić information content (AvgIpc) is 3.22. The van der Waals surface area contributed by atoms with Crippen LogP contribution in [0, 0.1) is 5.92 Å². The summed E-state index contributed by atoms with van der Waals surface area (Å²) in [7, 11) is -1.86. The van der Waals surface area contributed by atoms with Gasteiger partial charge in [-0.25, -0.2) is 8.42 Å². The maximum atomic E-state index is 12.7. The highest BCUT2D eigenvalue weighted by Crippen LogP contribution is 2.29. The summed E-state index contributed by atoms with van der Waals surface area (Å²) >= 11 is 1.19. The van der Waals surface area contributed by atoms with Crippen LogP contribution in [0.15, 0.2) is 21.7 Å². The molecular weight excluding hydrogens is 346 g/mol. The van der Waals surface area contributed by atoms with Gasteiger partial charge in [0.2, 0.25) is 5.91 Å². The Kier molecular flexibility index (Phi) is 6.41. The summed E-state index contributed by atoms with van der Waals surface area (Å²) in [6, 6.07) is 2.74. The summed E-state index contributed by atoms with van der Waals surface area (Å²) in [6.07, 6.45) is 1.99. The van der Waals surface area contributed by atoms with Crippen molar-refractivity contribution >= 4 is 27.3 Å². The van der Waals surface area contributed by atoms with E-state index in [0.29, 0.717) is 42.5 Å². The Morgan fingerprint density at radius 2 is 2.21 bits per heavy atom. The molecule has 0 radical (unpaired) electrons. The maximum Gasteiger partial charge on any atom is 0.253 e. The van der Waals surface area contributed by atoms with Crippen molar-refractivity contribution in [2.45, 2.75) is 49.4 Å². The van der Waals surface area contributed by atoms with Crippen molar-refractivity contribution in [3.63, 3.8) is 0 Å². The molecule has 1 amide bonds. The molecule has 0 bridgehead atoms. The van der Waals surface area contributed by atoms with Gasteiger partial charge in [-0.15, -0.1) is 11.3 Å². The Bertz CT molecular complexity index is 644. The molecule has 1 aromatic heterocycles. The van der Waals surface area contributed by atoms with Gasteiger partial charge >= 0.3 is 0 Å². The normalized spacial score (nSPS) is 20.5. The van der Waals surface area contributed by atoms with Crippen molar-refractivity contribution in [1.29, 1.82) is 0 Å². The molecule has 1 saturated heterocycles. The van der Waals surface area contributed by atoms with E-state index >= 15 is 0 Å². The molecular formula is C16H27N3O3S2. The lowest BCUT2D eigenvalue weighted by atomic mass is 10.0. The number of nitrogens with zero attached hydrogens (tertiary/aromatic N) is 2. The number of thiophene rings is 1. The summed E-state index contributed by atoms with van der Waals surface area (Å²) in [5, 5.41) is 1.74. The van der Waals surface area contributed by atoms with Gasteiger partial charge in [-0.1, -0.05) is 19.9 Å². The first-order chi connectivity index (χ1) is 11.2. The predicted octanol–water partition coefficient (Wildman–Crippen LogP) is 1.73. The van der Waals surface area contributed by atoms with E-state index in [0.717, 1.165) is 0 Å². The van der Waals surface area contributed by atoms with Crippen LogP contribution in [0.1, 0.15) is 33.1 Å². The zero-order chi connectivity index (χ0) is 17.9. The summed E-state index contributed by atoms with van der Waals surface area (Å²) in [4.78, 5) is 14.4. The van der Waals surface area contributed by atoms with Crippen molar-refractivity contribution < 1.29 is 13.2 Å². The fraction of sp³-hybridized carbons (Fsp3) is 0.688.